The minimum Gasteiger partial charge on any atom is -0.379 e. The SMILES string of the molecule is O=S(=O)(c1ccc(Sc2nnc(-c3cccs3)n2-c2ccccc2)nc1)N1CCOCC1. The van der Waals surface area contributed by atoms with Crippen molar-refractivity contribution >= 4 is 33.1 Å². The minimum absolute atomic E-state index is 0.174. The van der Waals surface area contributed by atoms with Crippen molar-refractivity contribution in [3.63, 3.8) is 0 Å². The van der Waals surface area contributed by atoms with Gasteiger partial charge in [0.25, 0.3) is 0 Å². The molecule has 1 fully saturated rings. The van der Waals surface area contributed by atoms with E-state index in [9.17, 15) is 8.42 Å². The molecule has 3 aromatic heterocycles. The molecule has 11 heteroatoms. The Hall–Kier alpha value is -2.57. The first-order chi connectivity index (χ1) is 15.6. The van der Waals surface area contributed by atoms with Gasteiger partial charge in [0.15, 0.2) is 5.82 Å². The number of rotatable bonds is 6. The highest BCUT2D eigenvalue weighted by Crippen LogP contribution is 2.33. The van der Waals surface area contributed by atoms with Crippen LogP contribution in [-0.2, 0) is 14.8 Å². The summed E-state index contributed by atoms with van der Waals surface area (Å²) >= 11 is 2.93. The number of ether oxygens (including phenoxy) is 1. The van der Waals surface area contributed by atoms with Gasteiger partial charge in [-0.15, -0.1) is 21.5 Å². The van der Waals surface area contributed by atoms with Crippen LogP contribution < -0.4 is 0 Å². The lowest BCUT2D eigenvalue weighted by atomic mass is 10.3. The number of benzene rings is 1. The summed E-state index contributed by atoms with van der Waals surface area (Å²) in [7, 11) is -3.58. The second-order valence-electron chi connectivity index (χ2n) is 6.91. The fraction of sp³-hybridized carbons (Fsp3) is 0.190. The molecule has 0 atom stereocenters. The topological polar surface area (TPSA) is 90.2 Å². The van der Waals surface area contributed by atoms with Crippen LogP contribution >= 0.6 is 23.1 Å². The summed E-state index contributed by atoms with van der Waals surface area (Å²) in [6, 6.07) is 17.2. The summed E-state index contributed by atoms with van der Waals surface area (Å²) in [5.41, 5.74) is 0.940. The fourth-order valence-electron chi connectivity index (χ4n) is 3.32. The van der Waals surface area contributed by atoms with Crippen LogP contribution in [0.15, 0.2) is 81.3 Å². The van der Waals surface area contributed by atoms with Crippen molar-refractivity contribution in [2.45, 2.75) is 15.1 Å². The Morgan fingerprint density at radius 2 is 1.78 bits per heavy atom. The van der Waals surface area contributed by atoms with Gasteiger partial charge in [0, 0.05) is 25.0 Å². The second kappa shape index (κ2) is 9.12. The van der Waals surface area contributed by atoms with Crippen LogP contribution in [0, 0.1) is 0 Å². The van der Waals surface area contributed by atoms with E-state index in [4.69, 9.17) is 4.74 Å². The summed E-state index contributed by atoms with van der Waals surface area (Å²) in [4.78, 5) is 5.57. The van der Waals surface area contributed by atoms with Crippen molar-refractivity contribution in [2.75, 3.05) is 26.3 Å². The molecule has 0 aliphatic carbocycles. The zero-order chi connectivity index (χ0) is 22.0. The van der Waals surface area contributed by atoms with Crippen LogP contribution in [0.1, 0.15) is 0 Å². The molecule has 1 aromatic carbocycles. The molecule has 1 aliphatic heterocycles. The molecule has 4 aromatic rings. The number of hydrogen-bond acceptors (Lipinski definition) is 8. The summed E-state index contributed by atoms with van der Waals surface area (Å²) in [5, 5.41) is 12.1. The molecule has 8 nitrogen and oxygen atoms in total. The Kier molecular flexibility index (Phi) is 6.07. The average molecular weight is 486 g/mol. The van der Waals surface area contributed by atoms with E-state index in [0.29, 0.717) is 36.5 Å². The fourth-order valence-corrected chi connectivity index (χ4v) is 6.17. The van der Waals surface area contributed by atoms with Gasteiger partial charge in [-0.25, -0.2) is 13.4 Å². The maximum absolute atomic E-state index is 12.8. The number of nitrogens with zero attached hydrogens (tertiary/aromatic N) is 5. The lowest BCUT2D eigenvalue weighted by Crippen LogP contribution is -2.40. The summed E-state index contributed by atoms with van der Waals surface area (Å²) < 4.78 is 34.3. The van der Waals surface area contributed by atoms with Crippen LogP contribution in [0.5, 0.6) is 0 Å². The van der Waals surface area contributed by atoms with Gasteiger partial charge in [-0.3, -0.25) is 4.57 Å². The minimum atomic E-state index is -3.58. The van der Waals surface area contributed by atoms with Gasteiger partial charge in [0.1, 0.15) is 9.92 Å². The Bertz CT molecular complexity index is 1280. The van der Waals surface area contributed by atoms with Crippen molar-refractivity contribution in [1.29, 1.82) is 0 Å². The highest BCUT2D eigenvalue weighted by molar-refractivity contribution is 7.99. The first kappa shape index (κ1) is 21.3. The number of para-hydroxylation sites is 1. The molecule has 164 valence electrons. The molecule has 0 bridgehead atoms. The number of morpholine rings is 1. The van der Waals surface area contributed by atoms with Crippen LogP contribution in [0.4, 0.5) is 0 Å². The molecule has 1 aliphatic rings. The van der Waals surface area contributed by atoms with Gasteiger partial charge in [-0.1, -0.05) is 24.3 Å². The first-order valence-corrected chi connectivity index (χ1v) is 13.0. The smallest absolute Gasteiger partial charge is 0.244 e. The maximum Gasteiger partial charge on any atom is 0.244 e. The normalized spacial score (nSPS) is 15.1. The highest BCUT2D eigenvalue weighted by atomic mass is 32.2. The van der Waals surface area contributed by atoms with E-state index in [2.05, 4.69) is 15.2 Å². The summed E-state index contributed by atoms with van der Waals surface area (Å²) in [6.07, 6.45) is 1.40. The number of sulfonamides is 1. The lowest BCUT2D eigenvalue weighted by molar-refractivity contribution is 0.0730. The monoisotopic (exact) mass is 485 g/mol. The van der Waals surface area contributed by atoms with Crippen LogP contribution in [0.2, 0.25) is 0 Å². The number of pyridine rings is 1. The van der Waals surface area contributed by atoms with Gasteiger partial charge in [-0.05, 0) is 47.5 Å². The van der Waals surface area contributed by atoms with Gasteiger partial charge in [-0.2, -0.15) is 4.31 Å². The largest absolute Gasteiger partial charge is 0.379 e. The molecule has 0 unspecified atom stereocenters. The third-order valence-corrected chi connectivity index (χ3v) is 8.55. The van der Waals surface area contributed by atoms with Crippen molar-refractivity contribution < 1.29 is 13.2 Å². The standard InChI is InChI=1S/C21H19N5O3S3/c27-32(28,25-10-12-29-13-11-25)17-8-9-19(22-15-17)31-21-24-23-20(18-7-4-14-30-18)26(21)16-5-2-1-3-6-16/h1-9,14-15H,10-13H2. The molecule has 32 heavy (non-hydrogen) atoms. The Morgan fingerprint density at radius 1 is 0.969 bits per heavy atom. The average Bonchev–Trinajstić information content (AvgIpc) is 3.51. The third-order valence-electron chi connectivity index (χ3n) is 4.90. The molecule has 5 rings (SSSR count). The number of aromatic nitrogens is 4. The number of thiophene rings is 1. The number of hydrogen-bond donors (Lipinski definition) is 0. The van der Waals surface area contributed by atoms with Crippen molar-refractivity contribution in [3.8, 4) is 16.4 Å². The zero-order valence-electron chi connectivity index (χ0n) is 16.9. The predicted molar refractivity (Wildman–Crippen MR) is 123 cm³/mol. The highest BCUT2D eigenvalue weighted by Gasteiger charge is 2.26. The van der Waals surface area contributed by atoms with Gasteiger partial charge >= 0.3 is 0 Å². The molecule has 0 spiro atoms. The third kappa shape index (κ3) is 4.21. The Labute approximate surface area is 194 Å². The molecule has 0 saturated carbocycles. The second-order valence-corrected chi connectivity index (χ2v) is 10.8. The Morgan fingerprint density at radius 3 is 2.47 bits per heavy atom. The van der Waals surface area contributed by atoms with Gasteiger partial charge in [0.2, 0.25) is 15.2 Å². The van der Waals surface area contributed by atoms with Crippen LogP contribution in [0.3, 0.4) is 0 Å². The van der Waals surface area contributed by atoms with E-state index < -0.39 is 10.0 Å². The molecular formula is C21H19N5O3S3. The van der Waals surface area contributed by atoms with Crippen LogP contribution in [-0.4, -0.2) is 58.8 Å². The van der Waals surface area contributed by atoms with Crippen molar-refractivity contribution in [3.05, 3.63) is 66.2 Å². The molecule has 1 saturated heterocycles. The maximum atomic E-state index is 12.8. The van der Waals surface area contributed by atoms with E-state index in [-0.39, 0.29) is 4.90 Å². The summed E-state index contributed by atoms with van der Waals surface area (Å²) in [5.74, 6) is 0.750. The Balaban J connectivity index is 1.45. The van der Waals surface area contributed by atoms with E-state index in [1.165, 1.54) is 22.3 Å². The van der Waals surface area contributed by atoms with Crippen molar-refractivity contribution in [2.24, 2.45) is 0 Å². The van der Waals surface area contributed by atoms with Crippen molar-refractivity contribution in [1.82, 2.24) is 24.1 Å². The van der Waals surface area contributed by atoms with Gasteiger partial charge < -0.3 is 4.74 Å². The lowest BCUT2D eigenvalue weighted by Gasteiger charge is -2.25. The molecule has 0 N–H and O–H groups in total. The summed E-state index contributed by atoms with van der Waals surface area (Å²) in [6.45, 7) is 1.51. The molecule has 0 amide bonds. The van der Waals surface area contributed by atoms with Gasteiger partial charge in [0.05, 0.1) is 18.1 Å². The molecule has 0 radical (unpaired) electrons. The predicted octanol–water partition coefficient (Wildman–Crippen LogP) is 3.56. The van der Waals surface area contributed by atoms with Crippen LogP contribution in [0.25, 0.3) is 16.4 Å². The van der Waals surface area contributed by atoms with E-state index >= 15 is 0 Å². The van der Waals surface area contributed by atoms with E-state index in [1.54, 1.807) is 23.5 Å². The van der Waals surface area contributed by atoms with E-state index in [0.717, 1.165) is 16.4 Å². The van der Waals surface area contributed by atoms with E-state index in [1.807, 2.05) is 52.4 Å². The zero-order valence-corrected chi connectivity index (χ0v) is 19.3. The molecule has 4 heterocycles. The quantitative estimate of drug-likeness (QED) is 0.412. The molecular weight excluding hydrogens is 466 g/mol. The first-order valence-electron chi connectivity index (χ1n) is 9.89.